The van der Waals surface area contributed by atoms with Crippen LogP contribution in [0.15, 0.2) is 102 Å². The van der Waals surface area contributed by atoms with Crippen LogP contribution in [-0.4, -0.2) is 52.2 Å². The minimum Gasteiger partial charge on any atom is -0.508 e. The van der Waals surface area contributed by atoms with E-state index in [4.69, 9.17) is 9.16 Å². The highest BCUT2D eigenvalue weighted by atomic mass is 32.2. The van der Waals surface area contributed by atoms with Gasteiger partial charge in [0, 0.05) is 0 Å². The van der Waals surface area contributed by atoms with E-state index in [2.05, 4.69) is 82.3 Å². The number of aromatic hydroxyl groups is 1. The summed E-state index contributed by atoms with van der Waals surface area (Å²) >= 11 is 0. The van der Waals surface area contributed by atoms with Crippen molar-refractivity contribution in [2.24, 2.45) is 0 Å². The second-order valence-electron chi connectivity index (χ2n) is 12.8. The number of rotatable bonds is 11. The molecule has 0 bridgehead atoms. The predicted molar refractivity (Wildman–Crippen MR) is 178 cm³/mol. The molecule has 0 aromatic heterocycles. The number of phenols is 1. The van der Waals surface area contributed by atoms with Crippen LogP contribution in [0, 0.1) is 0 Å². The van der Waals surface area contributed by atoms with Gasteiger partial charge in [0.05, 0.1) is 25.1 Å². The SMILES string of the molecule is CCC/C(=C\c1cccc(O)c1)CC[C@H]1OC[C@H]2C1=C(CO[Si](c1ccccc1)(c1ccccc1)C(C)(C)C)CS2(=O)=O. The summed E-state index contributed by atoms with van der Waals surface area (Å²) < 4.78 is 40.1. The molecule has 1 fully saturated rings. The van der Waals surface area contributed by atoms with E-state index >= 15 is 0 Å². The molecule has 2 aliphatic heterocycles. The third-order valence-electron chi connectivity index (χ3n) is 8.78. The first kappa shape index (κ1) is 31.5. The van der Waals surface area contributed by atoms with E-state index in [1.165, 1.54) is 15.9 Å². The minimum absolute atomic E-state index is 0.0337. The Kier molecular flexibility index (Phi) is 9.47. The van der Waals surface area contributed by atoms with Crippen molar-refractivity contribution in [1.82, 2.24) is 0 Å². The van der Waals surface area contributed by atoms with Crippen LogP contribution in [0.5, 0.6) is 5.75 Å². The first-order valence-corrected chi connectivity index (χ1v) is 19.0. The molecule has 2 aliphatic rings. The number of ether oxygens (including phenoxy) is 1. The van der Waals surface area contributed by atoms with Crippen LogP contribution in [0.1, 0.15) is 58.9 Å². The van der Waals surface area contributed by atoms with Gasteiger partial charge < -0.3 is 14.3 Å². The smallest absolute Gasteiger partial charge is 0.261 e. The second kappa shape index (κ2) is 12.9. The van der Waals surface area contributed by atoms with Crippen molar-refractivity contribution in [3.05, 3.63) is 107 Å². The molecule has 2 atom stereocenters. The van der Waals surface area contributed by atoms with E-state index < -0.39 is 23.4 Å². The fraction of sp³-hybridized carbons (Fsp3) is 0.389. The fourth-order valence-corrected chi connectivity index (χ4v) is 13.3. The first-order chi connectivity index (χ1) is 20.5. The van der Waals surface area contributed by atoms with Crippen LogP contribution in [0.3, 0.4) is 0 Å². The summed E-state index contributed by atoms with van der Waals surface area (Å²) in [7, 11) is -6.17. The first-order valence-electron chi connectivity index (χ1n) is 15.3. The van der Waals surface area contributed by atoms with Gasteiger partial charge in [0.25, 0.3) is 8.32 Å². The van der Waals surface area contributed by atoms with Crippen molar-refractivity contribution in [2.75, 3.05) is 19.0 Å². The van der Waals surface area contributed by atoms with Gasteiger partial charge in [-0.05, 0) is 63.5 Å². The molecule has 0 spiro atoms. The van der Waals surface area contributed by atoms with E-state index in [0.717, 1.165) is 36.0 Å². The molecule has 228 valence electrons. The summed E-state index contributed by atoms with van der Waals surface area (Å²) in [6.07, 6.45) is 5.36. The van der Waals surface area contributed by atoms with Gasteiger partial charge in [-0.25, -0.2) is 8.42 Å². The normalized spacial score (nSPS) is 20.4. The fourth-order valence-electron chi connectivity index (χ4n) is 6.85. The van der Waals surface area contributed by atoms with Crippen molar-refractivity contribution in [2.45, 2.75) is 69.8 Å². The lowest BCUT2D eigenvalue weighted by Gasteiger charge is -2.43. The van der Waals surface area contributed by atoms with Gasteiger partial charge in [-0.2, -0.15) is 0 Å². The maximum absolute atomic E-state index is 13.4. The molecule has 5 nitrogen and oxygen atoms in total. The van der Waals surface area contributed by atoms with Crippen molar-refractivity contribution >= 4 is 34.6 Å². The molecule has 0 amide bonds. The Morgan fingerprint density at radius 1 is 0.977 bits per heavy atom. The number of benzene rings is 3. The summed E-state index contributed by atoms with van der Waals surface area (Å²) in [4.78, 5) is 0. The maximum Gasteiger partial charge on any atom is 0.261 e. The van der Waals surface area contributed by atoms with Gasteiger partial charge in [0.1, 0.15) is 11.0 Å². The zero-order chi connectivity index (χ0) is 30.7. The number of fused-ring (bicyclic) bond motifs is 1. The molecule has 1 N–H and O–H groups in total. The van der Waals surface area contributed by atoms with Gasteiger partial charge in [-0.15, -0.1) is 0 Å². The van der Waals surface area contributed by atoms with Crippen molar-refractivity contribution in [3.63, 3.8) is 0 Å². The highest BCUT2D eigenvalue weighted by Gasteiger charge is 2.52. The average molecular weight is 617 g/mol. The highest BCUT2D eigenvalue weighted by Crippen LogP contribution is 2.41. The highest BCUT2D eigenvalue weighted by molar-refractivity contribution is 7.92. The number of allylic oxidation sites excluding steroid dienone is 1. The summed E-state index contributed by atoms with van der Waals surface area (Å²) in [5.74, 6) is 0.282. The Balaban J connectivity index is 1.46. The summed E-state index contributed by atoms with van der Waals surface area (Å²) in [5, 5.41) is 11.5. The van der Waals surface area contributed by atoms with Gasteiger partial charge in [-0.1, -0.05) is 119 Å². The molecule has 43 heavy (non-hydrogen) atoms. The number of sulfone groups is 1. The Bertz CT molecular complexity index is 1530. The standard InChI is InChI=1S/C36H44O5SSi/c1-5-13-27(22-28-14-12-15-30(37)23-28)20-21-33-35-29(26-42(38,39)34(35)25-40-33)24-41-43(36(2,3)4,31-16-8-6-9-17-31)32-18-10-7-11-19-32/h6-12,14-19,22-23,33-34,37H,5,13,20-21,24-26H2,1-4H3/b27-22+/t33-,34+/m1/s1. The van der Waals surface area contributed by atoms with E-state index in [-0.39, 0.29) is 35.9 Å². The molecule has 5 rings (SSSR count). The largest absolute Gasteiger partial charge is 0.508 e. The second-order valence-corrected chi connectivity index (χ2v) is 19.3. The molecular formula is C36H44O5SSi. The molecule has 0 aliphatic carbocycles. The van der Waals surface area contributed by atoms with E-state index in [1.807, 2.05) is 24.3 Å². The topological polar surface area (TPSA) is 72.8 Å². The zero-order valence-electron chi connectivity index (χ0n) is 25.8. The Hall–Kier alpha value is -2.97. The predicted octanol–water partition coefficient (Wildman–Crippen LogP) is 6.42. The summed E-state index contributed by atoms with van der Waals surface area (Å²) in [6, 6.07) is 28.2. The van der Waals surface area contributed by atoms with E-state index in [9.17, 15) is 13.5 Å². The van der Waals surface area contributed by atoms with E-state index in [1.54, 1.807) is 12.1 Å². The zero-order valence-corrected chi connectivity index (χ0v) is 27.6. The molecule has 0 saturated carbocycles. The van der Waals surface area contributed by atoms with Gasteiger partial charge in [-0.3, -0.25) is 0 Å². The average Bonchev–Trinajstić information content (AvgIpc) is 3.51. The lowest BCUT2D eigenvalue weighted by molar-refractivity contribution is 0.117. The third kappa shape index (κ3) is 6.60. The van der Waals surface area contributed by atoms with Crippen molar-refractivity contribution in [3.8, 4) is 5.75 Å². The van der Waals surface area contributed by atoms with Crippen molar-refractivity contribution in [1.29, 1.82) is 0 Å². The molecule has 2 heterocycles. The molecule has 3 aromatic carbocycles. The molecule has 7 heteroatoms. The number of hydrogen-bond donors (Lipinski definition) is 1. The van der Waals surface area contributed by atoms with E-state index in [0.29, 0.717) is 6.42 Å². The van der Waals surface area contributed by atoms with Gasteiger partial charge >= 0.3 is 0 Å². The molecule has 0 unspecified atom stereocenters. The Morgan fingerprint density at radius 3 is 2.21 bits per heavy atom. The van der Waals surface area contributed by atoms with Crippen LogP contribution < -0.4 is 10.4 Å². The Morgan fingerprint density at radius 2 is 1.63 bits per heavy atom. The number of hydrogen-bond acceptors (Lipinski definition) is 5. The minimum atomic E-state index is -3.35. The monoisotopic (exact) mass is 616 g/mol. The van der Waals surface area contributed by atoms with Gasteiger partial charge in [0.15, 0.2) is 9.84 Å². The van der Waals surface area contributed by atoms with Crippen LogP contribution in [0.25, 0.3) is 6.08 Å². The summed E-state index contributed by atoms with van der Waals surface area (Å²) in [6.45, 7) is 9.36. The molecule has 0 radical (unpaired) electrons. The van der Waals surface area contributed by atoms with Crippen molar-refractivity contribution < 1.29 is 22.7 Å². The quantitative estimate of drug-likeness (QED) is 0.199. The van der Waals surface area contributed by atoms with Crippen LogP contribution >= 0.6 is 0 Å². The third-order valence-corrected chi connectivity index (χ3v) is 15.8. The van der Waals surface area contributed by atoms with Crippen LogP contribution in [0.4, 0.5) is 0 Å². The van der Waals surface area contributed by atoms with Crippen LogP contribution in [-0.2, 0) is 19.0 Å². The molecule has 3 aromatic rings. The summed E-state index contributed by atoms with van der Waals surface area (Å²) in [5.41, 5.74) is 4.03. The molecule has 1 saturated heterocycles. The lowest BCUT2D eigenvalue weighted by Crippen LogP contribution is -2.66. The molecular weight excluding hydrogens is 573 g/mol. The Labute approximate surface area is 258 Å². The maximum atomic E-state index is 13.4. The van der Waals surface area contributed by atoms with Crippen LogP contribution in [0.2, 0.25) is 5.04 Å². The lowest BCUT2D eigenvalue weighted by atomic mass is 9.95. The van der Waals surface area contributed by atoms with Gasteiger partial charge in [0.2, 0.25) is 0 Å². The number of phenolic OH excluding ortho intramolecular Hbond substituents is 1.